The minimum absolute atomic E-state index is 0.165. The maximum Gasteiger partial charge on any atom is 0.337 e. The topological polar surface area (TPSA) is 188 Å². The van der Waals surface area contributed by atoms with Crippen molar-refractivity contribution in [2.75, 3.05) is 6.61 Å². The van der Waals surface area contributed by atoms with Crippen LogP contribution in [0.15, 0.2) is 36.4 Å². The summed E-state index contributed by atoms with van der Waals surface area (Å²) < 4.78 is 5.64. The fourth-order valence-corrected chi connectivity index (χ4v) is 5.73. The number of ketones is 1. The Morgan fingerprint density at radius 1 is 0.788 bits per heavy atom. The number of amides is 1. The predicted octanol–water partition coefficient (Wildman–Crippen LogP) is 7.27. The van der Waals surface area contributed by atoms with Crippen molar-refractivity contribution < 1.29 is 49.1 Å². The van der Waals surface area contributed by atoms with Gasteiger partial charge in [-0.05, 0) is 49.8 Å². The number of hydrogen-bond acceptors (Lipinski definition) is 7. The van der Waals surface area contributed by atoms with Crippen LogP contribution in [0.2, 0.25) is 0 Å². The molecular formula is C41H61NO10. The Morgan fingerprint density at radius 2 is 1.37 bits per heavy atom. The predicted molar refractivity (Wildman–Crippen MR) is 200 cm³/mol. The van der Waals surface area contributed by atoms with Crippen LogP contribution in [0.3, 0.4) is 0 Å². The molecule has 52 heavy (non-hydrogen) atoms. The molecule has 0 bridgehead atoms. The van der Waals surface area contributed by atoms with Gasteiger partial charge in [-0.25, -0.2) is 9.59 Å². The minimum Gasteiger partial charge on any atom is -0.481 e. The van der Waals surface area contributed by atoms with Crippen molar-refractivity contribution in [3.63, 3.8) is 0 Å². The SMILES string of the molecule is CCCCCCCC#CCOc1ccc(C[C@H](NC(=O)[C@@H](/C=C/CCCCCCC(=O)CCCCCCC)[C@@](O)(CC(=O)O)C(=O)O)C(=O)O)cc1. The summed E-state index contributed by atoms with van der Waals surface area (Å²) in [6, 6.07) is 5.08. The average Bonchev–Trinajstić information content (AvgIpc) is 3.10. The normalized spacial score (nSPS) is 13.4. The van der Waals surface area contributed by atoms with Gasteiger partial charge in [0.05, 0.1) is 12.3 Å². The number of hydrogen-bond donors (Lipinski definition) is 5. The quantitative estimate of drug-likeness (QED) is 0.0306. The highest BCUT2D eigenvalue weighted by Crippen LogP contribution is 2.26. The number of ether oxygens (including phenoxy) is 1. The number of carboxylic acid groups (broad SMARTS) is 3. The molecule has 0 heterocycles. The fourth-order valence-electron chi connectivity index (χ4n) is 5.73. The molecule has 0 aliphatic heterocycles. The molecule has 0 saturated heterocycles. The number of aliphatic hydroxyl groups is 1. The molecule has 3 atom stereocenters. The first kappa shape index (κ1) is 45.9. The number of rotatable bonds is 30. The van der Waals surface area contributed by atoms with Crippen molar-refractivity contribution in [2.45, 2.75) is 154 Å². The summed E-state index contributed by atoms with van der Waals surface area (Å²) in [5, 5.41) is 42.3. The van der Waals surface area contributed by atoms with Crippen molar-refractivity contribution in [3.8, 4) is 17.6 Å². The van der Waals surface area contributed by atoms with Crippen molar-refractivity contribution >= 4 is 29.6 Å². The summed E-state index contributed by atoms with van der Waals surface area (Å²) in [4.78, 5) is 61.2. The summed E-state index contributed by atoms with van der Waals surface area (Å²) in [7, 11) is 0. The molecule has 1 aromatic carbocycles. The van der Waals surface area contributed by atoms with Gasteiger partial charge < -0.3 is 30.5 Å². The van der Waals surface area contributed by atoms with E-state index in [1.807, 2.05) is 0 Å². The maximum absolute atomic E-state index is 13.4. The molecule has 0 aromatic heterocycles. The number of nitrogens with one attached hydrogen (secondary N) is 1. The van der Waals surface area contributed by atoms with Gasteiger partial charge in [0.25, 0.3) is 0 Å². The van der Waals surface area contributed by atoms with E-state index < -0.39 is 47.8 Å². The molecule has 1 aromatic rings. The third kappa shape index (κ3) is 20.0. The molecule has 5 N–H and O–H groups in total. The lowest BCUT2D eigenvalue weighted by molar-refractivity contribution is -0.172. The largest absolute Gasteiger partial charge is 0.481 e. The molecule has 0 saturated carbocycles. The Hall–Kier alpha value is -4.17. The second-order valence-corrected chi connectivity index (χ2v) is 13.4. The van der Waals surface area contributed by atoms with E-state index in [4.69, 9.17) is 4.74 Å². The van der Waals surface area contributed by atoms with Crippen LogP contribution < -0.4 is 10.1 Å². The van der Waals surface area contributed by atoms with E-state index in [1.165, 1.54) is 31.8 Å². The first-order valence-electron chi connectivity index (χ1n) is 19.0. The maximum atomic E-state index is 13.4. The van der Waals surface area contributed by atoms with Crippen LogP contribution in [0, 0.1) is 17.8 Å². The summed E-state index contributed by atoms with van der Waals surface area (Å²) in [6.07, 6.45) is 17.9. The van der Waals surface area contributed by atoms with E-state index in [9.17, 15) is 44.4 Å². The Kier molecular flexibility index (Phi) is 24.2. The molecule has 11 nitrogen and oxygen atoms in total. The molecule has 0 radical (unpaired) electrons. The van der Waals surface area contributed by atoms with E-state index in [1.54, 1.807) is 24.3 Å². The first-order chi connectivity index (χ1) is 24.9. The molecule has 1 rings (SSSR count). The molecule has 0 fully saturated rings. The van der Waals surface area contributed by atoms with E-state index in [2.05, 4.69) is 31.0 Å². The number of carbonyl (C=O) groups excluding carboxylic acids is 2. The van der Waals surface area contributed by atoms with Crippen molar-refractivity contribution in [1.29, 1.82) is 0 Å². The standard InChI is InChI=1S/C41H61NO10/c1-3-5-7-9-10-13-17-21-29-52-34-27-25-32(26-28-34)30-36(39(47)48)42-38(46)35(41(51,40(49)50)31-37(44)45)24-20-16-12-11-15-19-23-33(43)22-18-14-8-6-4-2/h20,24-28,35-36,51H,3-16,18-19,22-23,29-31H2,1-2H3,(H,42,46)(H,44,45)(H,47,48)(H,49,50)/b24-20+/t35-,36+,41+/m1/s1. The zero-order chi connectivity index (χ0) is 38.6. The highest BCUT2D eigenvalue weighted by molar-refractivity contribution is 5.94. The van der Waals surface area contributed by atoms with E-state index in [0.717, 1.165) is 70.3 Å². The summed E-state index contributed by atoms with van der Waals surface area (Å²) in [5.74, 6) is -1.10. The smallest absolute Gasteiger partial charge is 0.337 e. The van der Waals surface area contributed by atoms with Gasteiger partial charge >= 0.3 is 17.9 Å². The molecular weight excluding hydrogens is 666 g/mol. The van der Waals surface area contributed by atoms with Crippen molar-refractivity contribution in [2.24, 2.45) is 5.92 Å². The summed E-state index contributed by atoms with van der Waals surface area (Å²) >= 11 is 0. The Balaban J connectivity index is 2.78. The van der Waals surface area contributed by atoms with Gasteiger partial charge in [-0.2, -0.15) is 0 Å². The molecule has 0 aliphatic rings. The number of carbonyl (C=O) groups is 5. The second kappa shape index (κ2) is 27.5. The number of unbranched alkanes of at least 4 members (excludes halogenated alkanes) is 13. The zero-order valence-electron chi connectivity index (χ0n) is 31.2. The molecule has 0 unspecified atom stereocenters. The Morgan fingerprint density at radius 3 is 1.92 bits per heavy atom. The monoisotopic (exact) mass is 727 g/mol. The van der Waals surface area contributed by atoms with E-state index in [-0.39, 0.29) is 18.8 Å². The number of Topliss-reactive ketones (excluding diaryl/α,β-unsaturated/α-hetero) is 1. The van der Waals surface area contributed by atoms with Crippen molar-refractivity contribution in [3.05, 3.63) is 42.0 Å². The number of carboxylic acids is 3. The first-order valence-corrected chi connectivity index (χ1v) is 19.0. The van der Waals surface area contributed by atoms with E-state index >= 15 is 0 Å². The van der Waals surface area contributed by atoms with Gasteiger partial charge in [0.1, 0.15) is 24.2 Å². The van der Waals surface area contributed by atoms with Crippen LogP contribution in [-0.2, 0) is 30.4 Å². The fraction of sp³-hybridized carbons (Fsp3) is 0.634. The third-order valence-corrected chi connectivity index (χ3v) is 8.87. The lowest BCUT2D eigenvalue weighted by Crippen LogP contribution is -2.55. The average molecular weight is 728 g/mol. The number of benzene rings is 1. The van der Waals surface area contributed by atoms with Crippen LogP contribution in [0.5, 0.6) is 5.75 Å². The minimum atomic E-state index is -3.02. The molecule has 1 amide bonds. The molecule has 290 valence electrons. The van der Waals surface area contributed by atoms with Crippen molar-refractivity contribution in [1.82, 2.24) is 5.32 Å². The van der Waals surface area contributed by atoms with E-state index in [0.29, 0.717) is 37.0 Å². The van der Waals surface area contributed by atoms with Gasteiger partial charge in [0.15, 0.2) is 5.60 Å². The lowest BCUT2D eigenvalue weighted by Gasteiger charge is -2.29. The third-order valence-electron chi connectivity index (χ3n) is 8.87. The van der Waals surface area contributed by atoms with Crippen LogP contribution in [0.25, 0.3) is 0 Å². The molecule has 0 aliphatic carbocycles. The Bertz CT molecular complexity index is 1310. The highest BCUT2D eigenvalue weighted by atomic mass is 16.5. The highest BCUT2D eigenvalue weighted by Gasteiger charge is 2.49. The number of aliphatic carboxylic acids is 3. The van der Waals surface area contributed by atoms with Gasteiger partial charge in [0.2, 0.25) is 5.91 Å². The summed E-state index contributed by atoms with van der Waals surface area (Å²) in [6.45, 7) is 4.53. The molecule has 0 spiro atoms. The van der Waals surface area contributed by atoms with Gasteiger partial charge in [-0.1, -0.05) is 114 Å². The lowest BCUT2D eigenvalue weighted by atomic mass is 9.82. The zero-order valence-corrected chi connectivity index (χ0v) is 31.2. The van der Waals surface area contributed by atoms with Gasteiger partial charge in [-0.15, -0.1) is 0 Å². The number of allylic oxidation sites excluding steroid dienone is 1. The van der Waals surface area contributed by atoms with Crippen LogP contribution in [0.1, 0.15) is 141 Å². The summed E-state index contributed by atoms with van der Waals surface area (Å²) in [5.41, 5.74) is -2.48. The van der Waals surface area contributed by atoms with Crippen LogP contribution in [0.4, 0.5) is 0 Å². The Labute approximate surface area is 309 Å². The van der Waals surface area contributed by atoms with Crippen LogP contribution >= 0.6 is 0 Å². The van der Waals surface area contributed by atoms with Crippen LogP contribution in [-0.4, -0.2) is 68.3 Å². The second-order valence-electron chi connectivity index (χ2n) is 13.4. The van der Waals surface area contributed by atoms with Gasteiger partial charge in [0, 0.05) is 25.7 Å². The molecule has 11 heteroatoms. The van der Waals surface area contributed by atoms with Gasteiger partial charge in [-0.3, -0.25) is 14.4 Å².